The molecule has 3 rings (SSSR count). The molecule has 2 heterocycles. The predicted octanol–water partition coefficient (Wildman–Crippen LogP) is 3.74. The average Bonchev–Trinajstić information content (AvgIpc) is 2.54. The highest BCUT2D eigenvalue weighted by Crippen LogP contribution is 2.29. The van der Waals surface area contributed by atoms with Gasteiger partial charge in [0.2, 0.25) is 6.41 Å². The van der Waals surface area contributed by atoms with Crippen molar-refractivity contribution in [2.75, 3.05) is 5.32 Å². The number of hydrogen-bond donors (Lipinski definition) is 1. The van der Waals surface area contributed by atoms with E-state index in [0.29, 0.717) is 12.2 Å². The molecule has 0 atom stereocenters. The summed E-state index contributed by atoms with van der Waals surface area (Å²) in [7, 11) is 0. The van der Waals surface area contributed by atoms with Gasteiger partial charge in [0.1, 0.15) is 5.82 Å². The second-order valence-electron chi connectivity index (χ2n) is 5.20. The van der Waals surface area contributed by atoms with Crippen molar-refractivity contribution in [2.24, 2.45) is 0 Å². The molecule has 0 aliphatic heterocycles. The Kier molecular flexibility index (Phi) is 3.83. The van der Waals surface area contributed by atoms with Crippen molar-refractivity contribution in [3.8, 4) is 11.1 Å². The van der Waals surface area contributed by atoms with Gasteiger partial charge in [-0.2, -0.15) is 0 Å². The molecule has 0 unspecified atom stereocenters. The first-order valence-corrected chi connectivity index (χ1v) is 7.27. The molecule has 22 heavy (non-hydrogen) atoms. The van der Waals surface area contributed by atoms with Gasteiger partial charge in [-0.25, -0.2) is 4.98 Å². The van der Waals surface area contributed by atoms with Crippen molar-refractivity contribution in [3.05, 3.63) is 54.0 Å². The summed E-state index contributed by atoms with van der Waals surface area (Å²) in [5, 5.41) is 4.66. The zero-order valence-corrected chi connectivity index (χ0v) is 12.6. The number of aromatic nitrogens is 2. The molecule has 110 valence electrons. The van der Waals surface area contributed by atoms with Gasteiger partial charge in [-0.1, -0.05) is 19.1 Å². The number of nitrogens with zero attached hydrogens (tertiary/aromatic N) is 2. The Hall–Kier alpha value is -2.75. The second-order valence-corrected chi connectivity index (χ2v) is 5.20. The van der Waals surface area contributed by atoms with Gasteiger partial charge in [0.25, 0.3) is 0 Å². The van der Waals surface area contributed by atoms with Gasteiger partial charge in [-0.15, -0.1) is 0 Å². The SMILES string of the molecule is CCc1nccc(C)c1-c1ccc2cc(NC=O)ncc2c1. The number of hydrogen-bond acceptors (Lipinski definition) is 3. The van der Waals surface area contributed by atoms with Crippen molar-refractivity contribution in [2.45, 2.75) is 20.3 Å². The summed E-state index contributed by atoms with van der Waals surface area (Å²) in [5.74, 6) is 0.557. The lowest BCUT2D eigenvalue weighted by atomic mass is 9.96. The van der Waals surface area contributed by atoms with Crippen LogP contribution in [-0.2, 0) is 11.2 Å². The van der Waals surface area contributed by atoms with Crippen molar-refractivity contribution in [3.63, 3.8) is 0 Å². The molecule has 0 bridgehead atoms. The maximum Gasteiger partial charge on any atom is 0.212 e. The van der Waals surface area contributed by atoms with Crippen LogP contribution in [-0.4, -0.2) is 16.4 Å². The second kappa shape index (κ2) is 5.93. The van der Waals surface area contributed by atoms with Gasteiger partial charge >= 0.3 is 0 Å². The minimum Gasteiger partial charge on any atom is -0.313 e. The zero-order valence-electron chi connectivity index (χ0n) is 12.6. The van der Waals surface area contributed by atoms with Crippen LogP contribution in [0.25, 0.3) is 21.9 Å². The van der Waals surface area contributed by atoms with E-state index in [9.17, 15) is 4.79 Å². The Morgan fingerprint density at radius 1 is 1.14 bits per heavy atom. The fraction of sp³-hybridized carbons (Fsp3) is 0.167. The quantitative estimate of drug-likeness (QED) is 0.745. The predicted molar refractivity (Wildman–Crippen MR) is 88.8 cm³/mol. The van der Waals surface area contributed by atoms with Gasteiger partial charge in [-0.3, -0.25) is 9.78 Å². The molecule has 0 saturated carbocycles. The van der Waals surface area contributed by atoms with E-state index in [0.717, 1.165) is 28.5 Å². The third-order valence-corrected chi connectivity index (χ3v) is 3.79. The number of aryl methyl sites for hydroxylation is 2. The number of carbonyl (C=O) groups is 1. The van der Waals surface area contributed by atoms with E-state index in [4.69, 9.17) is 0 Å². The lowest BCUT2D eigenvalue weighted by Crippen LogP contribution is -1.97. The Morgan fingerprint density at radius 2 is 2.00 bits per heavy atom. The van der Waals surface area contributed by atoms with Gasteiger partial charge in [0.05, 0.1) is 0 Å². The van der Waals surface area contributed by atoms with Crippen LogP contribution in [0.15, 0.2) is 42.7 Å². The number of benzene rings is 1. The first-order valence-electron chi connectivity index (χ1n) is 7.27. The monoisotopic (exact) mass is 291 g/mol. The van der Waals surface area contributed by atoms with Crippen molar-refractivity contribution < 1.29 is 4.79 Å². The topological polar surface area (TPSA) is 54.9 Å². The van der Waals surface area contributed by atoms with E-state index < -0.39 is 0 Å². The normalized spacial score (nSPS) is 10.6. The highest BCUT2D eigenvalue weighted by atomic mass is 16.1. The molecule has 2 aromatic heterocycles. The zero-order chi connectivity index (χ0) is 15.5. The number of anilines is 1. The minimum absolute atomic E-state index is 0.557. The minimum atomic E-state index is 0.557. The molecule has 0 radical (unpaired) electrons. The number of fused-ring (bicyclic) bond motifs is 1. The Morgan fingerprint density at radius 3 is 2.77 bits per heavy atom. The summed E-state index contributed by atoms with van der Waals surface area (Å²) in [6.07, 6.45) is 5.17. The Balaban J connectivity index is 2.13. The van der Waals surface area contributed by atoms with E-state index in [1.807, 2.05) is 24.4 Å². The molecule has 1 aromatic carbocycles. The molecule has 1 N–H and O–H groups in total. The maximum absolute atomic E-state index is 10.5. The summed E-state index contributed by atoms with van der Waals surface area (Å²) < 4.78 is 0. The largest absolute Gasteiger partial charge is 0.313 e. The lowest BCUT2D eigenvalue weighted by Gasteiger charge is -2.11. The van der Waals surface area contributed by atoms with E-state index in [1.54, 1.807) is 6.20 Å². The van der Waals surface area contributed by atoms with E-state index in [1.165, 1.54) is 11.1 Å². The van der Waals surface area contributed by atoms with E-state index >= 15 is 0 Å². The fourth-order valence-corrected chi connectivity index (χ4v) is 2.71. The Labute approximate surface area is 129 Å². The summed E-state index contributed by atoms with van der Waals surface area (Å²) >= 11 is 0. The lowest BCUT2D eigenvalue weighted by molar-refractivity contribution is -0.105. The molecule has 3 aromatic rings. The number of rotatable bonds is 4. The highest BCUT2D eigenvalue weighted by Gasteiger charge is 2.09. The van der Waals surface area contributed by atoms with Gasteiger partial charge in [0.15, 0.2) is 0 Å². The van der Waals surface area contributed by atoms with E-state index in [-0.39, 0.29) is 0 Å². The molecule has 0 aliphatic carbocycles. The standard InChI is InChI=1S/C18H17N3O/c1-3-16-18(12(2)6-7-19-16)14-5-4-13-9-17(21-11-22)20-10-15(13)8-14/h4-11H,3H2,1-2H3,(H,20,21,22). The smallest absolute Gasteiger partial charge is 0.212 e. The molecule has 0 spiro atoms. The third kappa shape index (κ3) is 2.55. The molecule has 4 nitrogen and oxygen atoms in total. The molecular weight excluding hydrogens is 274 g/mol. The van der Waals surface area contributed by atoms with Crippen molar-refractivity contribution in [1.82, 2.24) is 9.97 Å². The van der Waals surface area contributed by atoms with Crippen LogP contribution in [0.1, 0.15) is 18.2 Å². The van der Waals surface area contributed by atoms with Crippen molar-refractivity contribution >= 4 is 23.0 Å². The van der Waals surface area contributed by atoms with Crippen LogP contribution in [0.5, 0.6) is 0 Å². The van der Waals surface area contributed by atoms with Crippen LogP contribution in [0, 0.1) is 6.92 Å². The molecule has 1 amide bonds. The van der Waals surface area contributed by atoms with Crippen LogP contribution < -0.4 is 5.32 Å². The van der Waals surface area contributed by atoms with Crippen LogP contribution in [0.4, 0.5) is 5.82 Å². The highest BCUT2D eigenvalue weighted by molar-refractivity contribution is 5.90. The molecule has 0 fully saturated rings. The summed E-state index contributed by atoms with van der Waals surface area (Å²) in [5.41, 5.74) is 4.67. The maximum atomic E-state index is 10.5. The van der Waals surface area contributed by atoms with Crippen molar-refractivity contribution in [1.29, 1.82) is 0 Å². The van der Waals surface area contributed by atoms with Crippen LogP contribution >= 0.6 is 0 Å². The first kappa shape index (κ1) is 14.2. The fourth-order valence-electron chi connectivity index (χ4n) is 2.71. The van der Waals surface area contributed by atoms with E-state index in [2.05, 4.69) is 41.3 Å². The number of nitrogens with one attached hydrogen (secondary N) is 1. The van der Waals surface area contributed by atoms with Gasteiger partial charge in [0, 0.05) is 29.0 Å². The first-order chi connectivity index (χ1) is 10.7. The number of pyridine rings is 2. The summed E-state index contributed by atoms with van der Waals surface area (Å²) in [4.78, 5) is 19.2. The number of amides is 1. The molecule has 4 heteroatoms. The third-order valence-electron chi connectivity index (χ3n) is 3.79. The van der Waals surface area contributed by atoms with Gasteiger partial charge < -0.3 is 5.32 Å². The molecule has 0 aliphatic rings. The van der Waals surface area contributed by atoms with Crippen LogP contribution in [0.2, 0.25) is 0 Å². The molecular formula is C18H17N3O. The molecule has 0 saturated heterocycles. The van der Waals surface area contributed by atoms with Gasteiger partial charge in [-0.05, 0) is 48.1 Å². The summed E-state index contributed by atoms with van der Waals surface area (Å²) in [6, 6.07) is 10.2. The Bertz CT molecular complexity index is 843. The summed E-state index contributed by atoms with van der Waals surface area (Å²) in [6.45, 7) is 4.22. The number of carbonyl (C=O) groups excluding carboxylic acids is 1. The average molecular weight is 291 g/mol. The van der Waals surface area contributed by atoms with Crippen LogP contribution in [0.3, 0.4) is 0 Å².